The Morgan fingerprint density at radius 3 is 2.52 bits per heavy atom. The van der Waals surface area contributed by atoms with Crippen molar-refractivity contribution in [3.05, 3.63) is 35.6 Å². The van der Waals surface area contributed by atoms with Crippen molar-refractivity contribution >= 4 is 0 Å². The lowest BCUT2D eigenvalue weighted by atomic mass is 9.92. The third-order valence-corrected chi connectivity index (χ3v) is 3.62. The molecule has 0 spiro atoms. The monoisotopic (exact) mass is 305 g/mol. The van der Waals surface area contributed by atoms with Crippen molar-refractivity contribution in [1.82, 2.24) is 5.32 Å². The first-order valence-corrected chi connectivity index (χ1v) is 7.08. The lowest BCUT2D eigenvalue weighted by Crippen LogP contribution is -2.37. The molecule has 1 aromatic rings. The van der Waals surface area contributed by atoms with E-state index >= 15 is 0 Å². The van der Waals surface area contributed by atoms with Crippen molar-refractivity contribution < 1.29 is 22.3 Å². The van der Waals surface area contributed by atoms with E-state index in [1.807, 2.05) is 0 Å². The Hall–Kier alpha value is -1.14. The fourth-order valence-corrected chi connectivity index (χ4v) is 2.56. The maximum atomic E-state index is 12.8. The summed E-state index contributed by atoms with van der Waals surface area (Å²) in [5.74, 6) is -0.281. The van der Waals surface area contributed by atoms with E-state index in [0.29, 0.717) is 19.4 Å². The fraction of sp³-hybridized carbons (Fsp3) is 0.600. The van der Waals surface area contributed by atoms with Crippen LogP contribution in [0, 0.1) is 5.82 Å². The molecule has 2 rings (SSSR count). The van der Waals surface area contributed by atoms with Gasteiger partial charge in [0.15, 0.2) is 0 Å². The summed E-state index contributed by atoms with van der Waals surface area (Å²) in [6.07, 6.45) is -1.58. The van der Waals surface area contributed by atoms with E-state index < -0.39 is 12.8 Å². The molecule has 21 heavy (non-hydrogen) atoms. The van der Waals surface area contributed by atoms with Crippen molar-refractivity contribution in [2.45, 2.75) is 50.6 Å². The molecule has 0 amide bonds. The Labute approximate surface area is 121 Å². The summed E-state index contributed by atoms with van der Waals surface area (Å²) < 4.78 is 54.1. The molecule has 1 fully saturated rings. The van der Waals surface area contributed by atoms with Gasteiger partial charge in [0.05, 0.1) is 6.10 Å². The van der Waals surface area contributed by atoms with E-state index in [2.05, 4.69) is 5.32 Å². The maximum absolute atomic E-state index is 12.8. The fourth-order valence-electron chi connectivity index (χ4n) is 2.56. The van der Waals surface area contributed by atoms with Gasteiger partial charge in [-0.15, -0.1) is 0 Å². The Morgan fingerprint density at radius 1 is 1.14 bits per heavy atom. The van der Waals surface area contributed by atoms with Gasteiger partial charge in [-0.2, -0.15) is 13.2 Å². The van der Waals surface area contributed by atoms with Crippen molar-refractivity contribution in [3.63, 3.8) is 0 Å². The van der Waals surface area contributed by atoms with Crippen LogP contribution in [0.4, 0.5) is 17.6 Å². The molecule has 0 aromatic heterocycles. The topological polar surface area (TPSA) is 21.3 Å². The molecule has 118 valence electrons. The van der Waals surface area contributed by atoms with Crippen LogP contribution in [0.15, 0.2) is 24.3 Å². The molecule has 2 nitrogen and oxygen atoms in total. The number of ether oxygens (including phenoxy) is 1. The van der Waals surface area contributed by atoms with Crippen LogP contribution >= 0.6 is 0 Å². The zero-order valence-corrected chi connectivity index (χ0v) is 11.6. The predicted octanol–water partition coefficient (Wildman–Crippen LogP) is 3.81. The zero-order valence-electron chi connectivity index (χ0n) is 11.6. The number of hydrogen-bond acceptors (Lipinski definition) is 2. The standard InChI is InChI=1S/C15H19F4NO/c16-12-6-4-11(5-7-12)9-20-13-2-1-3-14(8-13)21-10-15(17,18)19/h4-7,13-14,20H,1-3,8-10H2. The van der Waals surface area contributed by atoms with Crippen molar-refractivity contribution in [1.29, 1.82) is 0 Å². The largest absolute Gasteiger partial charge is 0.411 e. The highest BCUT2D eigenvalue weighted by Gasteiger charge is 2.31. The molecule has 0 bridgehead atoms. The van der Waals surface area contributed by atoms with E-state index in [1.54, 1.807) is 12.1 Å². The first kappa shape index (κ1) is 16.2. The summed E-state index contributed by atoms with van der Waals surface area (Å²) in [7, 11) is 0. The maximum Gasteiger partial charge on any atom is 0.411 e. The van der Waals surface area contributed by atoms with E-state index in [-0.39, 0.29) is 18.0 Å². The molecule has 6 heteroatoms. The Balaban J connectivity index is 1.74. The van der Waals surface area contributed by atoms with Crippen LogP contribution in [0.1, 0.15) is 31.2 Å². The summed E-state index contributed by atoms with van der Waals surface area (Å²) in [6, 6.07) is 6.33. The van der Waals surface area contributed by atoms with Gasteiger partial charge in [0.25, 0.3) is 0 Å². The highest BCUT2D eigenvalue weighted by molar-refractivity contribution is 5.15. The molecule has 0 heterocycles. The molecule has 1 N–H and O–H groups in total. The molecule has 2 unspecified atom stereocenters. The lowest BCUT2D eigenvalue weighted by molar-refractivity contribution is -0.188. The van der Waals surface area contributed by atoms with Crippen LogP contribution in [0.25, 0.3) is 0 Å². The summed E-state index contributed by atoms with van der Waals surface area (Å²) in [5, 5.41) is 3.30. The zero-order chi connectivity index (χ0) is 15.3. The predicted molar refractivity (Wildman–Crippen MR) is 71.3 cm³/mol. The van der Waals surface area contributed by atoms with Gasteiger partial charge in [-0.3, -0.25) is 0 Å². The number of benzene rings is 1. The summed E-state index contributed by atoms with van der Waals surface area (Å²) in [6.45, 7) is -0.598. The van der Waals surface area contributed by atoms with Gasteiger partial charge in [0.2, 0.25) is 0 Å². The van der Waals surface area contributed by atoms with Crippen molar-refractivity contribution in [3.8, 4) is 0 Å². The number of alkyl halides is 3. The minimum atomic E-state index is -4.27. The molecule has 2 atom stereocenters. The molecule has 0 saturated heterocycles. The van der Waals surface area contributed by atoms with Crippen LogP contribution in [0.2, 0.25) is 0 Å². The van der Waals surface area contributed by atoms with Crippen LogP contribution in [0.5, 0.6) is 0 Å². The number of nitrogens with one attached hydrogen (secondary N) is 1. The summed E-state index contributed by atoms with van der Waals surface area (Å²) in [4.78, 5) is 0. The Kier molecular flexibility index (Phi) is 5.58. The van der Waals surface area contributed by atoms with Gasteiger partial charge in [-0.1, -0.05) is 12.1 Å². The Morgan fingerprint density at radius 2 is 1.86 bits per heavy atom. The minimum Gasteiger partial charge on any atom is -0.369 e. The van der Waals surface area contributed by atoms with Crippen LogP contribution in [-0.2, 0) is 11.3 Å². The smallest absolute Gasteiger partial charge is 0.369 e. The molecule has 1 aliphatic carbocycles. The van der Waals surface area contributed by atoms with Crippen molar-refractivity contribution in [2.75, 3.05) is 6.61 Å². The van der Waals surface area contributed by atoms with Gasteiger partial charge < -0.3 is 10.1 Å². The van der Waals surface area contributed by atoms with Gasteiger partial charge in [-0.25, -0.2) is 4.39 Å². The number of rotatable bonds is 5. The van der Waals surface area contributed by atoms with Gasteiger partial charge in [0, 0.05) is 12.6 Å². The highest BCUT2D eigenvalue weighted by Crippen LogP contribution is 2.24. The third-order valence-electron chi connectivity index (χ3n) is 3.62. The highest BCUT2D eigenvalue weighted by atomic mass is 19.4. The lowest BCUT2D eigenvalue weighted by Gasteiger charge is -2.30. The van der Waals surface area contributed by atoms with E-state index in [9.17, 15) is 17.6 Å². The summed E-state index contributed by atoms with van der Waals surface area (Å²) in [5.41, 5.74) is 0.953. The van der Waals surface area contributed by atoms with Gasteiger partial charge >= 0.3 is 6.18 Å². The second-order valence-corrected chi connectivity index (χ2v) is 5.42. The molecule has 1 aliphatic rings. The van der Waals surface area contributed by atoms with Crippen LogP contribution in [0.3, 0.4) is 0 Å². The molecule has 1 aromatic carbocycles. The second-order valence-electron chi connectivity index (χ2n) is 5.42. The molecular formula is C15H19F4NO. The number of halogens is 4. The summed E-state index contributed by atoms with van der Waals surface area (Å²) >= 11 is 0. The minimum absolute atomic E-state index is 0.141. The second kappa shape index (κ2) is 7.22. The van der Waals surface area contributed by atoms with Gasteiger partial charge in [-0.05, 0) is 43.4 Å². The van der Waals surface area contributed by atoms with E-state index in [4.69, 9.17) is 4.74 Å². The third kappa shape index (κ3) is 6.01. The number of hydrogen-bond donors (Lipinski definition) is 1. The van der Waals surface area contributed by atoms with Gasteiger partial charge in [0.1, 0.15) is 12.4 Å². The molecular weight excluding hydrogens is 286 g/mol. The first-order chi connectivity index (χ1) is 9.92. The quantitative estimate of drug-likeness (QED) is 0.835. The SMILES string of the molecule is Fc1ccc(CNC2CCCC(OCC(F)(F)F)C2)cc1. The average Bonchev–Trinajstić information content (AvgIpc) is 2.44. The van der Waals surface area contributed by atoms with Crippen LogP contribution < -0.4 is 5.32 Å². The van der Waals surface area contributed by atoms with E-state index in [0.717, 1.165) is 18.4 Å². The van der Waals surface area contributed by atoms with E-state index in [1.165, 1.54) is 12.1 Å². The van der Waals surface area contributed by atoms with Crippen LogP contribution in [-0.4, -0.2) is 24.9 Å². The molecule has 0 radical (unpaired) electrons. The average molecular weight is 305 g/mol. The van der Waals surface area contributed by atoms with Crippen molar-refractivity contribution in [2.24, 2.45) is 0 Å². The molecule has 1 saturated carbocycles. The normalized spacial score (nSPS) is 23.2. The molecule has 0 aliphatic heterocycles. The first-order valence-electron chi connectivity index (χ1n) is 7.08. The Bertz CT molecular complexity index is 432.